The zero-order chi connectivity index (χ0) is 44.0. The van der Waals surface area contributed by atoms with Gasteiger partial charge in [0.2, 0.25) is 11.6 Å². The normalized spacial score (nSPS) is 21.4. The maximum absolute atomic E-state index is 14.1. The molecule has 3 amide bonds. The number of carbonyl (C=O) groups excluding carboxylic acids is 5. The van der Waals surface area contributed by atoms with Crippen molar-refractivity contribution in [1.29, 1.82) is 0 Å². The van der Waals surface area contributed by atoms with Crippen LogP contribution in [0.1, 0.15) is 86.3 Å². The number of nitrogens with zero attached hydrogens (tertiary/aromatic N) is 5. The van der Waals surface area contributed by atoms with Crippen LogP contribution in [0.4, 0.5) is 16.2 Å². The van der Waals surface area contributed by atoms with Crippen molar-refractivity contribution in [2.24, 2.45) is 18.0 Å². The van der Waals surface area contributed by atoms with E-state index in [-0.39, 0.29) is 77.9 Å². The summed E-state index contributed by atoms with van der Waals surface area (Å²) in [7, 11) is 5.85. The lowest BCUT2D eigenvalue weighted by Crippen LogP contribution is -2.50. The van der Waals surface area contributed by atoms with Gasteiger partial charge in [-0.1, -0.05) is 19.1 Å². The predicted molar refractivity (Wildman–Crippen MR) is 224 cm³/mol. The average molecular weight is 852 g/mol. The number of methoxy groups -OCH3 is 3. The number of carbonyl (C=O) groups is 5. The third-order valence-corrected chi connectivity index (χ3v) is 12.0. The lowest BCUT2D eigenvalue weighted by molar-refractivity contribution is 0.0484. The van der Waals surface area contributed by atoms with Crippen LogP contribution < -0.4 is 23.8 Å². The summed E-state index contributed by atoms with van der Waals surface area (Å²) in [5.41, 5.74) is 2.47. The van der Waals surface area contributed by atoms with Gasteiger partial charge in [0.25, 0.3) is 11.8 Å². The fourth-order valence-electron chi connectivity index (χ4n) is 8.82. The molecular weight excluding hydrogens is 803 g/mol. The molecule has 0 saturated carbocycles. The van der Waals surface area contributed by atoms with Crippen molar-refractivity contribution in [3.05, 3.63) is 82.4 Å². The molecule has 62 heavy (non-hydrogen) atoms. The molecule has 3 aromatic rings. The van der Waals surface area contributed by atoms with Crippen LogP contribution in [0.25, 0.3) is 0 Å². The first-order chi connectivity index (χ1) is 29.8. The highest BCUT2D eigenvalue weighted by atomic mass is 16.6. The lowest BCUT2D eigenvalue weighted by atomic mass is 10.0. The van der Waals surface area contributed by atoms with Gasteiger partial charge in [0, 0.05) is 44.6 Å². The van der Waals surface area contributed by atoms with E-state index in [9.17, 15) is 29.1 Å². The van der Waals surface area contributed by atoms with Crippen LogP contribution in [0.2, 0.25) is 0 Å². The van der Waals surface area contributed by atoms with E-state index in [1.54, 1.807) is 19.2 Å². The van der Waals surface area contributed by atoms with Crippen LogP contribution in [0, 0.1) is 5.92 Å². The number of anilines is 1. The number of allylic oxidation sites excluding steroid dienone is 2. The Morgan fingerprint density at radius 3 is 2.23 bits per heavy atom. The molecule has 1 aliphatic carbocycles. The van der Waals surface area contributed by atoms with Crippen LogP contribution in [0.5, 0.6) is 23.0 Å². The molecule has 4 atom stereocenters. The Balaban J connectivity index is 0.941. The van der Waals surface area contributed by atoms with Gasteiger partial charge in [-0.05, 0) is 56.2 Å². The fraction of sp³-hybridized carbons (Fsp3) is 0.422. The van der Waals surface area contributed by atoms with Crippen molar-refractivity contribution in [2.75, 3.05) is 52.5 Å². The molecule has 2 aromatic carbocycles. The largest absolute Gasteiger partial charge is 0.493 e. The van der Waals surface area contributed by atoms with E-state index < -0.39 is 35.8 Å². The van der Waals surface area contributed by atoms with Gasteiger partial charge in [0.1, 0.15) is 12.3 Å². The summed E-state index contributed by atoms with van der Waals surface area (Å²) in [6, 6.07) is 7.03. The zero-order valence-corrected chi connectivity index (χ0v) is 35.3. The predicted octanol–water partition coefficient (Wildman–Crippen LogP) is 5.39. The Kier molecular flexibility index (Phi) is 11.6. The minimum absolute atomic E-state index is 0.0273. The van der Waals surface area contributed by atoms with E-state index in [1.165, 1.54) is 49.0 Å². The van der Waals surface area contributed by atoms with Crippen molar-refractivity contribution in [2.45, 2.75) is 63.9 Å². The van der Waals surface area contributed by atoms with Crippen molar-refractivity contribution in [1.82, 2.24) is 14.4 Å². The third kappa shape index (κ3) is 7.54. The van der Waals surface area contributed by atoms with Gasteiger partial charge in [0.15, 0.2) is 35.0 Å². The van der Waals surface area contributed by atoms with Crippen molar-refractivity contribution in [3.63, 3.8) is 0 Å². The second-order valence-corrected chi connectivity index (χ2v) is 16.1. The molecule has 5 aliphatic rings. The fourth-order valence-corrected chi connectivity index (χ4v) is 8.82. The van der Waals surface area contributed by atoms with E-state index in [0.717, 1.165) is 17.4 Å². The van der Waals surface area contributed by atoms with Crippen LogP contribution in [0.3, 0.4) is 0 Å². The number of unbranched alkanes of at least 4 members (excludes halogenated alkanes) is 2. The standard InChI is InChI=1S/C45H49N5O12/c1-24-12-26-20-46-31-17-37(35(57-4)15-28(31)42(53)48(26)21-24)60-10-8-7-9-11-61-38-18-32-29(16-36(38)58-5)43(54)49-22-25(2)13-33(49)44(55)50(32)45(56)62-23-27-14-30-40(47(27)3)34(51)19-39(59-6)41(30)52/h14-20,24,26,33,44,55H,2,7-13,21-23H2,1,3-6H3/t24?,26-,33-,44?/m0/s1. The number of aliphatic hydroxyl groups excluding tert-OH is 1. The van der Waals surface area contributed by atoms with Gasteiger partial charge < -0.3 is 47.9 Å². The highest BCUT2D eigenvalue weighted by Gasteiger charge is 2.46. The van der Waals surface area contributed by atoms with Gasteiger partial charge in [-0.25, -0.2) is 9.69 Å². The summed E-state index contributed by atoms with van der Waals surface area (Å²) < 4.78 is 35.8. The number of amides is 3. The molecule has 0 bridgehead atoms. The van der Waals surface area contributed by atoms with E-state index in [0.29, 0.717) is 72.3 Å². The average Bonchev–Trinajstić information content (AvgIpc) is 3.92. The highest BCUT2D eigenvalue weighted by Crippen LogP contribution is 2.43. The van der Waals surface area contributed by atoms with Crippen LogP contribution in [-0.2, 0) is 23.1 Å². The summed E-state index contributed by atoms with van der Waals surface area (Å²) >= 11 is 0. The Bertz CT molecular complexity index is 2440. The second-order valence-electron chi connectivity index (χ2n) is 16.1. The number of aliphatic imine (C=N–C) groups is 1. The molecule has 2 unspecified atom stereocenters. The smallest absolute Gasteiger partial charge is 0.416 e. The Morgan fingerprint density at radius 2 is 1.53 bits per heavy atom. The minimum Gasteiger partial charge on any atom is -0.493 e. The van der Waals surface area contributed by atoms with E-state index >= 15 is 0 Å². The molecular formula is C45H49N5O12. The van der Waals surface area contributed by atoms with Crippen molar-refractivity contribution < 1.29 is 57.5 Å². The SMILES string of the molecule is C=C1C[C@H]2C(O)N(C(=O)OCc3cc4c(n3C)C(=O)C=C(OC)C4=O)c3cc(OCCCCCOc4cc5c(cc4OC)C(=O)N4CC(C)C[C@H]4C=N5)c(OC)cc3C(=O)N2C1. The van der Waals surface area contributed by atoms with E-state index in [1.807, 2.05) is 11.1 Å². The number of rotatable bonds is 13. The minimum atomic E-state index is -1.53. The van der Waals surface area contributed by atoms with E-state index in [4.69, 9.17) is 28.4 Å². The van der Waals surface area contributed by atoms with Crippen LogP contribution >= 0.6 is 0 Å². The molecule has 5 heterocycles. The van der Waals surface area contributed by atoms with Gasteiger partial charge in [0.05, 0.1) is 80.4 Å². The molecule has 1 N–H and O–H groups in total. The summed E-state index contributed by atoms with van der Waals surface area (Å²) in [4.78, 5) is 76.2. The topological polar surface area (TPSA) is 188 Å². The summed E-state index contributed by atoms with van der Waals surface area (Å²) in [5.74, 6) is 0.328. The number of benzene rings is 2. The van der Waals surface area contributed by atoms with Gasteiger partial charge in [-0.3, -0.25) is 24.2 Å². The molecule has 0 spiro atoms. The molecule has 326 valence electrons. The Morgan fingerprint density at radius 1 is 0.855 bits per heavy atom. The van der Waals surface area contributed by atoms with Crippen molar-refractivity contribution >= 4 is 47.1 Å². The molecule has 17 nitrogen and oxygen atoms in total. The number of Topliss-reactive ketones (excluding diaryl/α,β-unsaturated/α-hetero) is 1. The number of aromatic nitrogens is 1. The molecule has 17 heteroatoms. The quantitative estimate of drug-likeness (QED) is 0.171. The van der Waals surface area contributed by atoms with Gasteiger partial charge in [-0.15, -0.1) is 0 Å². The van der Waals surface area contributed by atoms with Gasteiger partial charge >= 0.3 is 6.09 Å². The number of hydrogen-bond donors (Lipinski definition) is 1. The van der Waals surface area contributed by atoms with Crippen LogP contribution in [0.15, 0.2) is 59.3 Å². The first kappa shape index (κ1) is 42.1. The Labute approximate surface area is 358 Å². The van der Waals surface area contributed by atoms with Crippen LogP contribution in [-0.4, -0.2) is 121 Å². The lowest BCUT2D eigenvalue weighted by Gasteiger charge is -2.31. The summed E-state index contributed by atoms with van der Waals surface area (Å²) in [6.45, 7) is 7.27. The van der Waals surface area contributed by atoms with Crippen molar-refractivity contribution in [3.8, 4) is 23.0 Å². The van der Waals surface area contributed by atoms with E-state index in [2.05, 4.69) is 18.5 Å². The number of ketones is 2. The second kappa shape index (κ2) is 17.0. The molecule has 0 radical (unpaired) electrons. The maximum atomic E-state index is 14.1. The van der Waals surface area contributed by atoms with Gasteiger partial charge in [-0.2, -0.15) is 0 Å². The molecule has 8 rings (SSSR count). The third-order valence-electron chi connectivity index (χ3n) is 12.0. The number of ether oxygens (including phenoxy) is 6. The summed E-state index contributed by atoms with van der Waals surface area (Å²) in [6.07, 6.45) is 3.57. The molecule has 2 fully saturated rings. The first-order valence-corrected chi connectivity index (χ1v) is 20.5. The summed E-state index contributed by atoms with van der Waals surface area (Å²) in [5, 5.41) is 11.8. The Hall–Kier alpha value is -6.62. The zero-order valence-electron chi connectivity index (χ0n) is 35.3. The molecule has 1 aromatic heterocycles. The first-order valence-electron chi connectivity index (χ1n) is 20.5. The number of fused-ring (bicyclic) bond motifs is 5. The number of aliphatic hydroxyl groups is 1. The highest BCUT2D eigenvalue weighted by molar-refractivity contribution is 6.23. The molecule has 4 aliphatic heterocycles. The molecule has 2 saturated heterocycles. The monoisotopic (exact) mass is 851 g/mol. The maximum Gasteiger partial charge on any atom is 0.416 e. The number of hydrogen-bond acceptors (Lipinski definition) is 13.